The van der Waals surface area contributed by atoms with Gasteiger partial charge in [0, 0.05) is 12.1 Å². The lowest BCUT2D eigenvalue weighted by atomic mass is 10.1. The van der Waals surface area contributed by atoms with E-state index < -0.39 is 0 Å². The van der Waals surface area contributed by atoms with Crippen LogP contribution < -0.4 is 19.5 Å². The molecule has 0 fully saturated rings. The van der Waals surface area contributed by atoms with E-state index in [2.05, 4.69) is 47.7 Å². The normalized spacial score (nSPS) is 11.5. The molecular weight excluding hydrogens is 434 g/mol. The molecule has 0 atom stereocenters. The summed E-state index contributed by atoms with van der Waals surface area (Å²) in [5, 5.41) is 8.66. The Morgan fingerprint density at radius 2 is 1.71 bits per heavy atom. The van der Waals surface area contributed by atoms with Gasteiger partial charge in [-0.15, -0.1) is 0 Å². The molecule has 10 heteroatoms. The molecule has 0 saturated heterocycles. The second kappa shape index (κ2) is 8.69. The van der Waals surface area contributed by atoms with Crippen molar-refractivity contribution in [2.45, 2.75) is 33.2 Å². The van der Waals surface area contributed by atoms with Gasteiger partial charge in [0.05, 0.1) is 50.3 Å². The summed E-state index contributed by atoms with van der Waals surface area (Å²) in [4.78, 5) is 13.9. The molecule has 3 heterocycles. The summed E-state index contributed by atoms with van der Waals surface area (Å²) in [6, 6.07) is 3.70. The van der Waals surface area contributed by atoms with Crippen molar-refractivity contribution >= 4 is 28.2 Å². The van der Waals surface area contributed by atoms with Gasteiger partial charge >= 0.3 is 0 Å². The molecular formula is C24H29N7O3. The molecule has 0 aliphatic heterocycles. The SMILES string of the molecule is C=C(C)c1nc(Nc2cn(-c3cc(OC)c(OC)c(OC)c3)cn2)c2cnn(C(C)(C)C)c2n1. The van der Waals surface area contributed by atoms with Crippen LogP contribution in [-0.2, 0) is 5.54 Å². The van der Waals surface area contributed by atoms with Gasteiger partial charge in [-0.25, -0.2) is 19.6 Å². The summed E-state index contributed by atoms with van der Waals surface area (Å²) < 4.78 is 20.1. The van der Waals surface area contributed by atoms with Gasteiger partial charge in [0.1, 0.15) is 18.0 Å². The van der Waals surface area contributed by atoms with Crippen LogP contribution in [0.25, 0.3) is 22.3 Å². The highest BCUT2D eigenvalue weighted by atomic mass is 16.5. The van der Waals surface area contributed by atoms with Gasteiger partial charge in [-0.3, -0.25) is 0 Å². The van der Waals surface area contributed by atoms with Crippen LogP contribution in [0.4, 0.5) is 11.6 Å². The first-order valence-corrected chi connectivity index (χ1v) is 10.7. The first kappa shape index (κ1) is 23.1. The lowest BCUT2D eigenvalue weighted by Crippen LogP contribution is -2.23. The molecule has 34 heavy (non-hydrogen) atoms. The van der Waals surface area contributed by atoms with Gasteiger partial charge in [0.15, 0.2) is 23.0 Å². The monoisotopic (exact) mass is 463 g/mol. The number of nitrogens with one attached hydrogen (secondary N) is 1. The van der Waals surface area contributed by atoms with Crippen molar-refractivity contribution < 1.29 is 14.2 Å². The van der Waals surface area contributed by atoms with E-state index in [-0.39, 0.29) is 5.54 Å². The van der Waals surface area contributed by atoms with E-state index >= 15 is 0 Å². The highest BCUT2D eigenvalue weighted by Crippen LogP contribution is 2.39. The van der Waals surface area contributed by atoms with Crippen molar-refractivity contribution in [1.29, 1.82) is 0 Å². The van der Waals surface area contributed by atoms with Crippen molar-refractivity contribution in [3.63, 3.8) is 0 Å². The number of fused-ring (bicyclic) bond motifs is 1. The zero-order valence-electron chi connectivity index (χ0n) is 20.5. The van der Waals surface area contributed by atoms with E-state index in [0.29, 0.717) is 34.7 Å². The molecule has 0 unspecified atom stereocenters. The molecule has 0 amide bonds. The molecule has 0 radical (unpaired) electrons. The van der Waals surface area contributed by atoms with Crippen LogP contribution in [-0.4, -0.2) is 50.6 Å². The van der Waals surface area contributed by atoms with Gasteiger partial charge in [-0.2, -0.15) is 5.10 Å². The van der Waals surface area contributed by atoms with Crippen molar-refractivity contribution in [3.8, 4) is 22.9 Å². The number of anilines is 2. The van der Waals surface area contributed by atoms with E-state index in [9.17, 15) is 0 Å². The Morgan fingerprint density at radius 1 is 1.03 bits per heavy atom. The first-order chi connectivity index (χ1) is 16.2. The fourth-order valence-electron chi connectivity index (χ4n) is 3.55. The predicted octanol–water partition coefficient (Wildman–Crippen LogP) is 4.57. The van der Waals surface area contributed by atoms with Crippen LogP contribution in [0, 0.1) is 0 Å². The average molecular weight is 464 g/mol. The Bertz CT molecular complexity index is 1340. The largest absolute Gasteiger partial charge is 0.493 e. The number of benzene rings is 1. The number of ether oxygens (including phenoxy) is 3. The number of nitrogens with zero attached hydrogens (tertiary/aromatic N) is 6. The standard InChI is InChI=1S/C24H29N7O3/c1-14(2)21-28-22(16-11-26-31(23(16)29-21)24(3,4)5)27-19-12-30(13-25-19)15-9-17(32-6)20(34-8)18(10-15)33-7/h9-13H,1H2,2-8H3,(H,27,28,29). The van der Waals surface area contributed by atoms with Crippen LogP contribution >= 0.6 is 0 Å². The molecule has 4 rings (SSSR count). The Morgan fingerprint density at radius 3 is 2.26 bits per heavy atom. The molecule has 3 aromatic heterocycles. The Kier molecular flexibility index (Phi) is 5.90. The summed E-state index contributed by atoms with van der Waals surface area (Å²) >= 11 is 0. The minimum atomic E-state index is -0.242. The number of methoxy groups -OCH3 is 3. The summed E-state index contributed by atoms with van der Waals surface area (Å²) in [6.45, 7) is 12.1. The topological polar surface area (TPSA) is 101 Å². The highest BCUT2D eigenvalue weighted by molar-refractivity contribution is 5.89. The van der Waals surface area contributed by atoms with Gasteiger partial charge in [0.2, 0.25) is 5.75 Å². The van der Waals surface area contributed by atoms with Gasteiger partial charge in [-0.1, -0.05) is 6.58 Å². The summed E-state index contributed by atoms with van der Waals surface area (Å²) in [7, 11) is 4.74. The van der Waals surface area contributed by atoms with E-state index in [1.54, 1.807) is 33.9 Å². The smallest absolute Gasteiger partial charge is 0.203 e. The lowest BCUT2D eigenvalue weighted by Gasteiger charge is -2.20. The minimum Gasteiger partial charge on any atom is -0.493 e. The maximum absolute atomic E-state index is 5.47. The Hall–Kier alpha value is -4.08. The summed E-state index contributed by atoms with van der Waals surface area (Å²) in [5.74, 6) is 3.39. The maximum Gasteiger partial charge on any atom is 0.203 e. The summed E-state index contributed by atoms with van der Waals surface area (Å²) in [6.07, 6.45) is 5.31. The van der Waals surface area contributed by atoms with Crippen LogP contribution in [0.1, 0.15) is 33.5 Å². The fraction of sp³-hybridized carbons (Fsp3) is 0.333. The molecule has 0 bridgehead atoms. The molecule has 4 aromatic rings. The minimum absolute atomic E-state index is 0.242. The Labute approximate surface area is 198 Å². The molecule has 178 valence electrons. The third-order valence-corrected chi connectivity index (χ3v) is 5.22. The number of aromatic nitrogens is 6. The van der Waals surface area contributed by atoms with Crippen LogP contribution in [0.5, 0.6) is 17.2 Å². The van der Waals surface area contributed by atoms with Crippen molar-refractivity contribution in [2.24, 2.45) is 0 Å². The molecule has 1 aromatic carbocycles. The molecule has 0 aliphatic rings. The zero-order chi connectivity index (χ0) is 24.6. The molecule has 0 saturated carbocycles. The third kappa shape index (κ3) is 4.14. The van der Waals surface area contributed by atoms with Crippen molar-refractivity contribution in [3.05, 3.63) is 43.3 Å². The van der Waals surface area contributed by atoms with Gasteiger partial charge in [0.25, 0.3) is 0 Å². The maximum atomic E-state index is 5.47. The molecule has 1 N–H and O–H groups in total. The van der Waals surface area contributed by atoms with Crippen LogP contribution in [0.3, 0.4) is 0 Å². The fourth-order valence-corrected chi connectivity index (χ4v) is 3.55. The number of allylic oxidation sites excluding steroid dienone is 1. The number of hydrogen-bond donors (Lipinski definition) is 1. The van der Waals surface area contributed by atoms with E-state index in [4.69, 9.17) is 19.2 Å². The third-order valence-electron chi connectivity index (χ3n) is 5.22. The predicted molar refractivity (Wildman–Crippen MR) is 132 cm³/mol. The average Bonchev–Trinajstić information content (AvgIpc) is 3.45. The molecule has 10 nitrogen and oxygen atoms in total. The number of imidazole rings is 1. The first-order valence-electron chi connectivity index (χ1n) is 10.7. The number of hydrogen-bond acceptors (Lipinski definition) is 8. The van der Waals surface area contributed by atoms with Gasteiger partial charge < -0.3 is 24.1 Å². The Balaban J connectivity index is 1.75. The molecule has 0 aliphatic carbocycles. The van der Waals surface area contributed by atoms with Crippen LogP contribution in [0.15, 0.2) is 37.4 Å². The van der Waals surface area contributed by atoms with Crippen LogP contribution in [0.2, 0.25) is 0 Å². The van der Waals surface area contributed by atoms with E-state index in [0.717, 1.165) is 22.3 Å². The van der Waals surface area contributed by atoms with Crippen molar-refractivity contribution in [2.75, 3.05) is 26.6 Å². The molecule has 0 spiro atoms. The number of rotatable bonds is 7. The van der Waals surface area contributed by atoms with E-state index in [1.807, 2.05) is 34.5 Å². The van der Waals surface area contributed by atoms with E-state index in [1.165, 1.54) is 0 Å². The van der Waals surface area contributed by atoms with Gasteiger partial charge in [-0.05, 0) is 33.3 Å². The zero-order valence-corrected chi connectivity index (χ0v) is 20.5. The highest BCUT2D eigenvalue weighted by Gasteiger charge is 2.22. The van der Waals surface area contributed by atoms with Crippen molar-refractivity contribution in [1.82, 2.24) is 29.3 Å². The summed E-state index contributed by atoms with van der Waals surface area (Å²) in [5.41, 5.74) is 2.04. The second-order valence-electron chi connectivity index (χ2n) is 8.82. The lowest BCUT2D eigenvalue weighted by molar-refractivity contribution is 0.324. The quantitative estimate of drug-likeness (QED) is 0.425. The second-order valence-corrected chi connectivity index (χ2v) is 8.82.